The van der Waals surface area contributed by atoms with Gasteiger partial charge in [-0.15, -0.1) is 0 Å². The van der Waals surface area contributed by atoms with Gasteiger partial charge in [-0.05, 0) is 12.1 Å². The molecule has 0 aliphatic heterocycles. The summed E-state index contributed by atoms with van der Waals surface area (Å²) in [6.45, 7) is 0. The monoisotopic (exact) mass is 411 g/mol. The third-order valence-corrected chi connectivity index (χ3v) is 4.25. The van der Waals surface area contributed by atoms with E-state index < -0.39 is 33.0 Å². The Morgan fingerprint density at radius 2 is 2.09 bits per heavy atom. The number of benzene rings is 1. The smallest absolute Gasteiger partial charge is 0.135 e. The van der Waals surface area contributed by atoms with E-state index in [1.54, 1.807) is 36.9 Å². The molecular weight excluding hydrogens is 399 g/mol. The molecule has 1 unspecified atom stereocenters. The Labute approximate surface area is 137 Å². The standard InChI is InChI=1S/C16H12F2IN3/c17-16-11(8-19-18)4-3-5-12(16)15(14-9-20-10-22-14)13-6-1-2-7-21-13/h1-10,15H,(H,20,22). The molecule has 0 fully saturated rings. The van der Waals surface area contributed by atoms with E-state index in [1.807, 2.05) is 18.2 Å². The van der Waals surface area contributed by atoms with Crippen LogP contribution in [0.15, 0.2) is 55.1 Å². The van der Waals surface area contributed by atoms with Gasteiger partial charge in [0.25, 0.3) is 0 Å². The van der Waals surface area contributed by atoms with Gasteiger partial charge in [0.1, 0.15) is 27.1 Å². The van der Waals surface area contributed by atoms with E-state index in [1.165, 1.54) is 4.01 Å². The minimum absolute atomic E-state index is 0.299. The van der Waals surface area contributed by atoms with Crippen LogP contribution in [0.2, 0.25) is 0 Å². The molecule has 0 bridgehead atoms. The van der Waals surface area contributed by atoms with Crippen LogP contribution < -0.4 is 0 Å². The normalized spacial score (nSPS) is 13.0. The number of hydrogen-bond acceptors (Lipinski definition) is 2. The molecule has 1 N–H and O–H groups in total. The largest absolute Gasteiger partial charge is 0.348 e. The molecule has 3 aromatic rings. The third-order valence-electron chi connectivity index (χ3n) is 3.34. The number of nitrogens with one attached hydrogen (secondary N) is 1. The Kier molecular flexibility index (Phi) is 4.67. The molecule has 1 aromatic carbocycles. The molecular formula is C16H12F2IN3. The highest BCUT2D eigenvalue weighted by Crippen LogP contribution is 2.31. The SMILES string of the molecule is FI=Cc1cccc(C(c2ccccn2)c2cnc[nH]2)c1F. The van der Waals surface area contributed by atoms with Gasteiger partial charge in [0.05, 0.1) is 17.9 Å². The number of nitrogens with zero attached hydrogens (tertiary/aromatic N) is 2. The van der Waals surface area contributed by atoms with Gasteiger partial charge in [-0.25, -0.2) is 9.37 Å². The highest BCUT2D eigenvalue weighted by molar-refractivity contribution is 14.2. The molecule has 2 heterocycles. The molecule has 0 aliphatic rings. The fraction of sp³-hybridized carbons (Fsp3) is 0.0625. The molecule has 0 aliphatic carbocycles. The predicted molar refractivity (Wildman–Crippen MR) is 90.5 cm³/mol. The van der Waals surface area contributed by atoms with E-state index in [-0.39, 0.29) is 0 Å². The van der Waals surface area contributed by atoms with Crippen molar-refractivity contribution in [3.63, 3.8) is 0 Å². The molecule has 112 valence electrons. The number of halogens is 3. The molecule has 22 heavy (non-hydrogen) atoms. The average Bonchev–Trinajstić information content (AvgIpc) is 3.06. The molecule has 0 saturated heterocycles. The maximum Gasteiger partial charge on any atom is 0.135 e. The van der Waals surface area contributed by atoms with Crippen molar-refractivity contribution in [2.75, 3.05) is 0 Å². The summed E-state index contributed by atoms with van der Waals surface area (Å²) in [5.74, 6) is -0.819. The second-order valence-corrected chi connectivity index (χ2v) is 5.73. The van der Waals surface area contributed by atoms with Crippen LogP contribution in [0.5, 0.6) is 0 Å². The van der Waals surface area contributed by atoms with E-state index in [4.69, 9.17) is 0 Å². The number of hydrogen-bond donors (Lipinski definition) is 1. The lowest BCUT2D eigenvalue weighted by Crippen LogP contribution is -2.09. The zero-order valence-electron chi connectivity index (χ0n) is 11.4. The topological polar surface area (TPSA) is 41.6 Å². The number of imidazole rings is 1. The minimum Gasteiger partial charge on any atom is -0.348 e. The van der Waals surface area contributed by atoms with Crippen LogP contribution in [-0.4, -0.2) is 19.0 Å². The second kappa shape index (κ2) is 6.87. The number of H-pyrrole nitrogens is 1. The number of aromatic nitrogens is 3. The van der Waals surface area contributed by atoms with Crippen LogP contribution >= 0.6 is 21.3 Å². The fourth-order valence-corrected chi connectivity index (χ4v) is 3.11. The summed E-state index contributed by atoms with van der Waals surface area (Å²) in [7, 11) is 0. The lowest BCUT2D eigenvalue weighted by atomic mass is 9.91. The van der Waals surface area contributed by atoms with Gasteiger partial charge in [0.15, 0.2) is 0 Å². The summed E-state index contributed by atoms with van der Waals surface area (Å²) in [6, 6.07) is 10.5. The van der Waals surface area contributed by atoms with Crippen molar-refractivity contribution in [1.82, 2.24) is 15.0 Å². The molecule has 0 radical (unpaired) electrons. The zero-order valence-corrected chi connectivity index (χ0v) is 13.5. The van der Waals surface area contributed by atoms with Crippen molar-refractivity contribution in [3.05, 3.63) is 83.5 Å². The van der Waals surface area contributed by atoms with Gasteiger partial charge in [0.2, 0.25) is 0 Å². The van der Waals surface area contributed by atoms with Crippen molar-refractivity contribution in [2.45, 2.75) is 5.92 Å². The van der Waals surface area contributed by atoms with Gasteiger partial charge in [-0.2, -0.15) is 2.86 Å². The van der Waals surface area contributed by atoms with E-state index in [0.29, 0.717) is 16.8 Å². The molecule has 6 heteroatoms. The molecule has 2 aromatic heterocycles. The molecule has 3 rings (SSSR count). The van der Waals surface area contributed by atoms with Crippen molar-refractivity contribution >= 4 is 25.3 Å². The average molecular weight is 411 g/mol. The van der Waals surface area contributed by atoms with Crippen LogP contribution in [-0.2, 0) is 0 Å². The Morgan fingerprint density at radius 3 is 2.77 bits per heavy atom. The fourth-order valence-electron chi connectivity index (χ4n) is 2.38. The summed E-state index contributed by atoms with van der Waals surface area (Å²) in [4.78, 5) is 11.4. The lowest BCUT2D eigenvalue weighted by Gasteiger charge is -2.17. The summed E-state index contributed by atoms with van der Waals surface area (Å²) in [5.41, 5.74) is 2.20. The number of aromatic amines is 1. The minimum atomic E-state index is -1.62. The first-order valence-electron chi connectivity index (χ1n) is 6.56. The predicted octanol–water partition coefficient (Wildman–Crippen LogP) is 4.13. The molecule has 3 nitrogen and oxygen atoms in total. The maximum absolute atomic E-state index is 14.7. The Hall–Kier alpha value is -1.96. The third kappa shape index (κ3) is 2.96. The maximum atomic E-state index is 14.7. The van der Waals surface area contributed by atoms with E-state index in [9.17, 15) is 7.25 Å². The van der Waals surface area contributed by atoms with Crippen molar-refractivity contribution in [3.8, 4) is 0 Å². The molecule has 0 spiro atoms. The van der Waals surface area contributed by atoms with Crippen LogP contribution in [0, 0.1) is 5.82 Å². The second-order valence-electron chi connectivity index (χ2n) is 4.64. The molecule has 1 atom stereocenters. The lowest BCUT2D eigenvalue weighted by molar-refractivity contribution is 0.602. The summed E-state index contributed by atoms with van der Waals surface area (Å²) < 4.78 is 28.7. The van der Waals surface area contributed by atoms with Crippen LogP contribution in [0.1, 0.15) is 28.4 Å². The highest BCUT2D eigenvalue weighted by atomic mass is 127. The molecule has 0 amide bonds. The van der Waals surface area contributed by atoms with E-state index in [0.717, 1.165) is 5.69 Å². The first-order chi connectivity index (χ1) is 10.8. The first-order valence-corrected chi connectivity index (χ1v) is 8.62. The van der Waals surface area contributed by atoms with Gasteiger partial charge in [0, 0.05) is 33.2 Å². The van der Waals surface area contributed by atoms with E-state index >= 15 is 0 Å². The first kappa shape index (κ1) is 15.0. The van der Waals surface area contributed by atoms with Crippen molar-refractivity contribution in [2.24, 2.45) is 0 Å². The van der Waals surface area contributed by atoms with Crippen LogP contribution in [0.25, 0.3) is 0 Å². The zero-order chi connectivity index (χ0) is 15.4. The Bertz CT molecular complexity index is 773. The van der Waals surface area contributed by atoms with Crippen molar-refractivity contribution < 1.29 is 7.25 Å². The highest BCUT2D eigenvalue weighted by Gasteiger charge is 2.23. The van der Waals surface area contributed by atoms with E-state index in [2.05, 4.69) is 15.0 Å². The quantitative estimate of drug-likeness (QED) is 0.657. The van der Waals surface area contributed by atoms with Gasteiger partial charge in [-0.3, -0.25) is 4.98 Å². The van der Waals surface area contributed by atoms with Gasteiger partial charge >= 0.3 is 0 Å². The van der Waals surface area contributed by atoms with Crippen LogP contribution in [0.4, 0.5) is 7.25 Å². The van der Waals surface area contributed by atoms with Crippen molar-refractivity contribution in [1.29, 1.82) is 0 Å². The Morgan fingerprint density at radius 1 is 1.18 bits per heavy atom. The van der Waals surface area contributed by atoms with Gasteiger partial charge in [-0.1, -0.05) is 24.3 Å². The number of rotatable bonds is 4. The summed E-state index contributed by atoms with van der Waals surface area (Å²) in [6.07, 6.45) is 4.86. The summed E-state index contributed by atoms with van der Waals surface area (Å²) in [5, 5.41) is 0. The summed E-state index contributed by atoms with van der Waals surface area (Å²) >= 11 is -1.62. The van der Waals surface area contributed by atoms with Crippen LogP contribution in [0.3, 0.4) is 0 Å². The molecule has 0 saturated carbocycles. The number of pyridine rings is 1. The van der Waals surface area contributed by atoms with Gasteiger partial charge < -0.3 is 4.98 Å². The Balaban J connectivity index is 2.18.